The molecule has 1 amide bonds. The molecule has 2 N–H and O–H groups in total. The number of halogens is 4. The highest BCUT2D eigenvalue weighted by Gasteiger charge is 2.37. The van der Waals surface area contributed by atoms with Gasteiger partial charge in [0.1, 0.15) is 0 Å². The Labute approximate surface area is 181 Å². The third-order valence-corrected chi connectivity index (χ3v) is 6.44. The number of benzene rings is 2. The number of nitrogens with zero attached hydrogens (tertiary/aromatic N) is 1. The van der Waals surface area contributed by atoms with E-state index in [1.807, 2.05) is 0 Å². The number of piperidine rings is 1. The minimum Gasteiger partial charge on any atom is -0.351 e. The van der Waals surface area contributed by atoms with E-state index < -0.39 is 11.6 Å². The van der Waals surface area contributed by atoms with Crippen molar-refractivity contribution in [1.82, 2.24) is 10.2 Å². The molecule has 0 aliphatic carbocycles. The maximum atomic E-state index is 14.6. The zero-order valence-corrected chi connectivity index (χ0v) is 18.0. The molecule has 2 aliphatic heterocycles. The molecule has 0 saturated carbocycles. The Kier molecular flexibility index (Phi) is 6.08. The number of rotatable bonds is 4. The zero-order chi connectivity index (χ0) is 20.5. The predicted octanol–water partition coefficient (Wildman–Crippen LogP) is 5.34. The van der Waals surface area contributed by atoms with Crippen LogP contribution in [0.4, 0.5) is 20.2 Å². The highest BCUT2D eigenvalue weighted by Crippen LogP contribution is 2.34. The first-order chi connectivity index (χ1) is 13.9. The summed E-state index contributed by atoms with van der Waals surface area (Å²) in [6.07, 6.45) is 3.51. The molecule has 4 rings (SSSR count). The first-order valence-corrected chi connectivity index (χ1v) is 10.8. The molecule has 154 valence electrons. The van der Waals surface area contributed by atoms with Crippen molar-refractivity contribution < 1.29 is 13.6 Å². The number of hydrogen-bond donors (Lipinski definition) is 2. The van der Waals surface area contributed by atoms with Gasteiger partial charge in [0.15, 0.2) is 11.6 Å². The van der Waals surface area contributed by atoms with Gasteiger partial charge >= 0.3 is 0 Å². The monoisotopic (exact) mass is 483 g/mol. The SMILES string of the molecule is O=C(c1ccc(F)c(F)c1Nc1ccc(Br)cc1Cl)N1CC(C2CCCCN2)C1. The van der Waals surface area contributed by atoms with Crippen LogP contribution in [-0.4, -0.2) is 36.5 Å². The summed E-state index contributed by atoms with van der Waals surface area (Å²) in [5, 5.41) is 6.65. The van der Waals surface area contributed by atoms with E-state index in [1.54, 1.807) is 23.1 Å². The van der Waals surface area contributed by atoms with Crippen molar-refractivity contribution in [2.75, 3.05) is 25.0 Å². The van der Waals surface area contributed by atoms with E-state index in [0.717, 1.165) is 23.5 Å². The van der Waals surface area contributed by atoms with Crippen LogP contribution >= 0.6 is 27.5 Å². The van der Waals surface area contributed by atoms with E-state index in [1.165, 1.54) is 18.9 Å². The molecular formula is C21H21BrClF2N3O. The van der Waals surface area contributed by atoms with Gasteiger partial charge in [-0.15, -0.1) is 0 Å². The molecule has 0 aromatic heterocycles. The van der Waals surface area contributed by atoms with E-state index in [-0.39, 0.29) is 17.2 Å². The number of hydrogen-bond acceptors (Lipinski definition) is 3. The Hall–Kier alpha value is -1.70. The number of carbonyl (C=O) groups excluding carboxylic acids is 1. The molecular weight excluding hydrogens is 464 g/mol. The van der Waals surface area contributed by atoms with Crippen molar-refractivity contribution in [3.63, 3.8) is 0 Å². The van der Waals surface area contributed by atoms with Crippen molar-refractivity contribution >= 4 is 44.8 Å². The van der Waals surface area contributed by atoms with Gasteiger partial charge in [0, 0.05) is 29.5 Å². The summed E-state index contributed by atoms with van der Waals surface area (Å²) >= 11 is 9.51. The predicted molar refractivity (Wildman–Crippen MR) is 114 cm³/mol. The molecule has 2 saturated heterocycles. The van der Waals surface area contributed by atoms with Crippen LogP contribution in [0.1, 0.15) is 29.6 Å². The number of nitrogens with one attached hydrogen (secondary N) is 2. The van der Waals surface area contributed by atoms with Gasteiger partial charge < -0.3 is 15.5 Å². The van der Waals surface area contributed by atoms with E-state index >= 15 is 0 Å². The summed E-state index contributed by atoms with van der Waals surface area (Å²) in [6, 6.07) is 7.74. The average molecular weight is 485 g/mol. The first kappa shape index (κ1) is 20.6. The molecule has 29 heavy (non-hydrogen) atoms. The maximum absolute atomic E-state index is 14.6. The van der Waals surface area contributed by atoms with Gasteiger partial charge in [-0.3, -0.25) is 4.79 Å². The van der Waals surface area contributed by atoms with Crippen LogP contribution in [0, 0.1) is 17.6 Å². The second kappa shape index (κ2) is 8.58. The summed E-state index contributed by atoms with van der Waals surface area (Å²) in [7, 11) is 0. The molecule has 4 nitrogen and oxygen atoms in total. The van der Waals surface area contributed by atoms with Gasteiger partial charge in [-0.25, -0.2) is 8.78 Å². The quantitative estimate of drug-likeness (QED) is 0.616. The fourth-order valence-electron chi connectivity index (χ4n) is 3.96. The van der Waals surface area contributed by atoms with Crippen molar-refractivity contribution in [3.8, 4) is 0 Å². The minimum absolute atomic E-state index is 0.0953. The second-order valence-electron chi connectivity index (χ2n) is 7.56. The van der Waals surface area contributed by atoms with Crippen LogP contribution in [0.2, 0.25) is 5.02 Å². The van der Waals surface area contributed by atoms with Gasteiger partial charge in [0.05, 0.1) is 22.0 Å². The lowest BCUT2D eigenvalue weighted by molar-refractivity contribution is 0.0393. The van der Waals surface area contributed by atoms with Gasteiger partial charge in [-0.1, -0.05) is 34.0 Å². The largest absolute Gasteiger partial charge is 0.351 e. The Balaban J connectivity index is 1.54. The van der Waals surface area contributed by atoms with E-state index in [4.69, 9.17) is 11.6 Å². The van der Waals surface area contributed by atoms with Crippen LogP contribution in [0.25, 0.3) is 0 Å². The normalized spacial score (nSPS) is 19.7. The Morgan fingerprint density at radius 3 is 2.69 bits per heavy atom. The summed E-state index contributed by atoms with van der Waals surface area (Å²) in [6.45, 7) is 2.25. The van der Waals surface area contributed by atoms with E-state index in [9.17, 15) is 13.6 Å². The first-order valence-electron chi connectivity index (χ1n) is 9.67. The molecule has 2 heterocycles. The molecule has 0 radical (unpaired) electrons. The lowest BCUT2D eigenvalue weighted by Crippen LogP contribution is -2.58. The molecule has 2 aromatic rings. The van der Waals surface area contributed by atoms with Gasteiger partial charge in [-0.2, -0.15) is 0 Å². The van der Waals surface area contributed by atoms with Crippen LogP contribution in [0.15, 0.2) is 34.8 Å². The van der Waals surface area contributed by atoms with Crippen molar-refractivity contribution in [3.05, 3.63) is 57.0 Å². The number of amides is 1. The van der Waals surface area contributed by atoms with Gasteiger partial charge in [0.2, 0.25) is 0 Å². The topological polar surface area (TPSA) is 44.4 Å². The summed E-state index contributed by atoms with van der Waals surface area (Å²) in [4.78, 5) is 14.7. The summed E-state index contributed by atoms with van der Waals surface area (Å²) in [5.74, 6) is -2.03. The molecule has 8 heteroatoms. The molecule has 2 aliphatic rings. The number of anilines is 2. The van der Waals surface area contributed by atoms with Crippen molar-refractivity contribution in [2.45, 2.75) is 25.3 Å². The lowest BCUT2D eigenvalue weighted by Gasteiger charge is -2.45. The average Bonchev–Trinajstić information content (AvgIpc) is 2.67. The molecule has 2 aromatic carbocycles. The van der Waals surface area contributed by atoms with Gasteiger partial charge in [0.25, 0.3) is 5.91 Å². The standard InChI is InChI=1S/C21H21BrClF2N3O/c22-13-4-7-18(15(23)9-13)27-20-14(5-6-16(24)19(20)25)21(29)28-10-12(11-28)17-3-1-2-8-26-17/h4-7,9,12,17,26-27H,1-3,8,10-11H2. The maximum Gasteiger partial charge on any atom is 0.256 e. The van der Waals surface area contributed by atoms with Crippen LogP contribution < -0.4 is 10.6 Å². The van der Waals surface area contributed by atoms with E-state index in [0.29, 0.717) is 35.8 Å². The highest BCUT2D eigenvalue weighted by molar-refractivity contribution is 9.10. The molecule has 0 spiro atoms. The van der Waals surface area contributed by atoms with Gasteiger partial charge in [-0.05, 0) is 49.7 Å². The zero-order valence-electron chi connectivity index (χ0n) is 15.7. The number of likely N-dealkylation sites (tertiary alicyclic amines) is 1. The summed E-state index contributed by atoms with van der Waals surface area (Å²) in [5.41, 5.74) is 0.290. The second-order valence-corrected chi connectivity index (χ2v) is 8.88. The third-order valence-electron chi connectivity index (χ3n) is 5.63. The summed E-state index contributed by atoms with van der Waals surface area (Å²) < 4.78 is 29.3. The Bertz CT molecular complexity index is 930. The molecule has 1 unspecified atom stereocenters. The Morgan fingerprint density at radius 2 is 2.00 bits per heavy atom. The minimum atomic E-state index is -1.10. The number of carbonyl (C=O) groups is 1. The van der Waals surface area contributed by atoms with Crippen molar-refractivity contribution in [2.24, 2.45) is 5.92 Å². The highest BCUT2D eigenvalue weighted by atomic mass is 79.9. The molecule has 1 atom stereocenters. The van der Waals surface area contributed by atoms with Crippen LogP contribution in [0.5, 0.6) is 0 Å². The molecule has 2 fully saturated rings. The smallest absolute Gasteiger partial charge is 0.256 e. The van der Waals surface area contributed by atoms with Crippen molar-refractivity contribution in [1.29, 1.82) is 0 Å². The Morgan fingerprint density at radius 1 is 1.21 bits per heavy atom. The molecule has 0 bridgehead atoms. The van der Waals surface area contributed by atoms with Crippen LogP contribution in [-0.2, 0) is 0 Å². The van der Waals surface area contributed by atoms with E-state index in [2.05, 4.69) is 26.6 Å². The van der Waals surface area contributed by atoms with Crippen LogP contribution in [0.3, 0.4) is 0 Å². The fourth-order valence-corrected chi connectivity index (χ4v) is 4.68. The fraction of sp³-hybridized carbons (Fsp3) is 0.381. The third kappa shape index (κ3) is 4.27. The lowest BCUT2D eigenvalue weighted by atomic mass is 9.86.